The van der Waals surface area contributed by atoms with Crippen LogP contribution in [0.4, 0.5) is 0 Å². The lowest BCUT2D eigenvalue weighted by molar-refractivity contribution is -0.114. The summed E-state index contributed by atoms with van der Waals surface area (Å²) in [5, 5.41) is 0. The third-order valence-corrected chi connectivity index (χ3v) is 1.78. The molecule has 0 aromatic rings. The summed E-state index contributed by atoms with van der Waals surface area (Å²) in [6, 6.07) is 0. The van der Waals surface area contributed by atoms with Crippen molar-refractivity contribution in [3.05, 3.63) is 0 Å². The van der Waals surface area contributed by atoms with Crippen molar-refractivity contribution < 1.29 is 9.59 Å². The van der Waals surface area contributed by atoms with E-state index in [0.717, 1.165) is 12.8 Å². The highest BCUT2D eigenvalue weighted by Crippen LogP contribution is 2.04. The SMILES string of the molecule is CCCCCCCC(=O)C#CC=O. The Balaban J connectivity index is 3.32. The fourth-order valence-corrected chi connectivity index (χ4v) is 1.06. The van der Waals surface area contributed by atoms with E-state index in [9.17, 15) is 9.59 Å². The van der Waals surface area contributed by atoms with Crippen LogP contribution in [0.2, 0.25) is 0 Å². The van der Waals surface area contributed by atoms with Gasteiger partial charge in [0.05, 0.1) is 0 Å². The normalized spacial score (nSPS) is 8.69. The quantitative estimate of drug-likeness (QED) is 0.271. The Labute approximate surface area is 79.7 Å². The molecule has 0 aliphatic rings. The molecule has 0 atom stereocenters. The standard InChI is InChI=1S/C11H16O2/c1-2-3-4-5-6-8-11(13)9-7-10-12/h10H,2-6,8H2,1H3. The predicted molar refractivity (Wildman–Crippen MR) is 52.2 cm³/mol. The molecular formula is C11H16O2. The van der Waals surface area contributed by atoms with Crippen LogP contribution in [0, 0.1) is 11.8 Å². The molecule has 0 saturated carbocycles. The Bertz CT molecular complexity index is 208. The topological polar surface area (TPSA) is 34.1 Å². The second kappa shape index (κ2) is 8.99. The largest absolute Gasteiger partial charge is 0.289 e. The minimum absolute atomic E-state index is 0.122. The number of Topliss-reactive ketones (excluding diaryl/α,β-unsaturated/α-hetero) is 1. The van der Waals surface area contributed by atoms with Crippen LogP contribution in [-0.2, 0) is 9.59 Å². The number of rotatable bonds is 6. The maximum Gasteiger partial charge on any atom is 0.205 e. The van der Waals surface area contributed by atoms with Gasteiger partial charge in [-0.25, -0.2) is 0 Å². The smallest absolute Gasteiger partial charge is 0.205 e. The Morgan fingerprint density at radius 1 is 1.23 bits per heavy atom. The monoisotopic (exact) mass is 180 g/mol. The molecule has 0 rings (SSSR count). The lowest BCUT2D eigenvalue weighted by Gasteiger charge is -1.95. The molecule has 0 saturated heterocycles. The van der Waals surface area contributed by atoms with Crippen molar-refractivity contribution >= 4 is 12.1 Å². The van der Waals surface area contributed by atoms with E-state index in [-0.39, 0.29) is 5.78 Å². The molecule has 0 radical (unpaired) electrons. The minimum Gasteiger partial charge on any atom is -0.289 e. The number of hydrogen-bond donors (Lipinski definition) is 0. The van der Waals surface area contributed by atoms with Crippen molar-refractivity contribution in [2.75, 3.05) is 0 Å². The van der Waals surface area contributed by atoms with Crippen LogP contribution in [0.15, 0.2) is 0 Å². The van der Waals surface area contributed by atoms with Crippen molar-refractivity contribution in [1.82, 2.24) is 0 Å². The molecule has 0 heterocycles. The van der Waals surface area contributed by atoms with Crippen LogP contribution in [0.3, 0.4) is 0 Å². The zero-order chi connectivity index (χ0) is 9.94. The molecule has 0 aliphatic heterocycles. The van der Waals surface area contributed by atoms with Crippen LogP contribution >= 0.6 is 0 Å². The molecular weight excluding hydrogens is 164 g/mol. The summed E-state index contributed by atoms with van der Waals surface area (Å²) in [5.41, 5.74) is 0. The lowest BCUT2D eigenvalue weighted by atomic mass is 10.1. The highest BCUT2D eigenvalue weighted by Gasteiger charge is 1.95. The van der Waals surface area contributed by atoms with Gasteiger partial charge < -0.3 is 0 Å². The number of carbonyl (C=O) groups excluding carboxylic acids is 2. The van der Waals surface area contributed by atoms with Gasteiger partial charge in [0, 0.05) is 6.42 Å². The predicted octanol–water partition coefficient (Wildman–Crippen LogP) is 2.12. The van der Waals surface area contributed by atoms with E-state index < -0.39 is 0 Å². The minimum atomic E-state index is -0.122. The first-order valence-electron chi connectivity index (χ1n) is 4.79. The maximum absolute atomic E-state index is 10.9. The number of ketones is 1. The van der Waals surface area contributed by atoms with Gasteiger partial charge in [0.15, 0.2) is 6.29 Å². The molecule has 0 N–H and O–H groups in total. The second-order valence-corrected chi connectivity index (χ2v) is 2.97. The molecule has 0 aliphatic carbocycles. The van der Waals surface area contributed by atoms with Crippen molar-refractivity contribution in [1.29, 1.82) is 0 Å². The molecule has 13 heavy (non-hydrogen) atoms. The highest BCUT2D eigenvalue weighted by atomic mass is 16.1. The average molecular weight is 180 g/mol. The molecule has 0 amide bonds. The summed E-state index contributed by atoms with van der Waals surface area (Å²) >= 11 is 0. The van der Waals surface area contributed by atoms with Gasteiger partial charge in [0.2, 0.25) is 5.78 Å². The number of aldehydes is 1. The van der Waals surface area contributed by atoms with Gasteiger partial charge in [0.1, 0.15) is 0 Å². The van der Waals surface area contributed by atoms with Gasteiger partial charge in [-0.3, -0.25) is 9.59 Å². The van der Waals surface area contributed by atoms with E-state index in [1.165, 1.54) is 19.3 Å². The van der Waals surface area contributed by atoms with Crippen LogP contribution in [0.25, 0.3) is 0 Å². The van der Waals surface area contributed by atoms with Crippen molar-refractivity contribution in [3.63, 3.8) is 0 Å². The zero-order valence-corrected chi connectivity index (χ0v) is 8.14. The first kappa shape index (κ1) is 11.9. The van der Waals surface area contributed by atoms with Crippen LogP contribution in [0.1, 0.15) is 45.4 Å². The molecule has 0 bridgehead atoms. The summed E-state index contributed by atoms with van der Waals surface area (Å²) < 4.78 is 0. The van der Waals surface area contributed by atoms with E-state index >= 15 is 0 Å². The van der Waals surface area contributed by atoms with E-state index in [2.05, 4.69) is 18.8 Å². The molecule has 2 heteroatoms. The molecule has 0 spiro atoms. The van der Waals surface area contributed by atoms with E-state index in [1.807, 2.05) is 0 Å². The van der Waals surface area contributed by atoms with Crippen LogP contribution < -0.4 is 0 Å². The summed E-state index contributed by atoms with van der Waals surface area (Å²) in [7, 11) is 0. The maximum atomic E-state index is 10.9. The number of carbonyl (C=O) groups is 2. The fourth-order valence-electron chi connectivity index (χ4n) is 1.06. The summed E-state index contributed by atoms with van der Waals surface area (Å²) in [5.74, 6) is 4.26. The third kappa shape index (κ3) is 8.81. The highest BCUT2D eigenvalue weighted by molar-refractivity contribution is 5.98. The Morgan fingerprint density at radius 2 is 1.92 bits per heavy atom. The van der Waals surface area contributed by atoms with Crippen LogP contribution in [0.5, 0.6) is 0 Å². The summed E-state index contributed by atoms with van der Waals surface area (Å²) in [6.07, 6.45) is 6.55. The summed E-state index contributed by atoms with van der Waals surface area (Å²) in [4.78, 5) is 20.7. The van der Waals surface area contributed by atoms with Gasteiger partial charge in [-0.1, -0.05) is 32.6 Å². The fraction of sp³-hybridized carbons (Fsp3) is 0.636. The zero-order valence-electron chi connectivity index (χ0n) is 8.14. The number of unbranched alkanes of at least 4 members (excludes halogenated alkanes) is 4. The Morgan fingerprint density at radius 3 is 2.54 bits per heavy atom. The van der Waals surface area contributed by atoms with Crippen molar-refractivity contribution in [2.45, 2.75) is 45.4 Å². The van der Waals surface area contributed by atoms with Gasteiger partial charge in [-0.05, 0) is 18.3 Å². The number of hydrogen-bond acceptors (Lipinski definition) is 2. The molecule has 72 valence electrons. The summed E-state index contributed by atoms with van der Waals surface area (Å²) in [6.45, 7) is 2.15. The van der Waals surface area contributed by atoms with Gasteiger partial charge >= 0.3 is 0 Å². The van der Waals surface area contributed by atoms with E-state index in [4.69, 9.17) is 0 Å². The third-order valence-electron chi connectivity index (χ3n) is 1.78. The first-order valence-corrected chi connectivity index (χ1v) is 4.79. The molecule has 0 aromatic carbocycles. The molecule has 0 unspecified atom stereocenters. The van der Waals surface area contributed by atoms with Crippen molar-refractivity contribution in [3.8, 4) is 11.8 Å². The van der Waals surface area contributed by atoms with Gasteiger partial charge in [0.25, 0.3) is 0 Å². The van der Waals surface area contributed by atoms with Crippen LogP contribution in [-0.4, -0.2) is 12.1 Å². The van der Waals surface area contributed by atoms with E-state index in [0.29, 0.717) is 12.7 Å². The Kier molecular flexibility index (Phi) is 8.23. The van der Waals surface area contributed by atoms with Crippen molar-refractivity contribution in [2.24, 2.45) is 0 Å². The van der Waals surface area contributed by atoms with Gasteiger partial charge in [-0.2, -0.15) is 0 Å². The molecule has 0 aromatic heterocycles. The molecule has 2 nitrogen and oxygen atoms in total. The lowest BCUT2D eigenvalue weighted by Crippen LogP contribution is -1.93. The second-order valence-electron chi connectivity index (χ2n) is 2.97. The first-order chi connectivity index (χ1) is 6.31. The average Bonchev–Trinajstić information content (AvgIpc) is 2.14. The van der Waals surface area contributed by atoms with E-state index in [1.54, 1.807) is 0 Å². The Hall–Kier alpha value is -1.10. The van der Waals surface area contributed by atoms with Gasteiger partial charge in [-0.15, -0.1) is 0 Å². The molecule has 0 fully saturated rings.